The lowest BCUT2D eigenvalue weighted by Gasteiger charge is -2.04. The number of hydrogen-bond donors (Lipinski definition) is 0. The molecule has 68 valence electrons. The summed E-state index contributed by atoms with van der Waals surface area (Å²) in [7, 11) is 0. The Hall–Kier alpha value is -1.25. The Morgan fingerprint density at radius 2 is 2.15 bits per heavy atom. The van der Waals surface area contributed by atoms with Crippen molar-refractivity contribution >= 4 is 6.29 Å². The first-order valence-electron chi connectivity index (χ1n) is 4.15. The number of carbonyl (C=O) groups is 1. The summed E-state index contributed by atoms with van der Waals surface area (Å²) < 4.78 is 25.9. The lowest BCUT2D eigenvalue weighted by molar-refractivity contribution is -0.109. The lowest BCUT2D eigenvalue weighted by atomic mass is 10.0. The van der Waals surface area contributed by atoms with Crippen molar-refractivity contribution in [3.63, 3.8) is 0 Å². The van der Waals surface area contributed by atoms with Gasteiger partial charge in [0.05, 0.1) is 0 Å². The summed E-state index contributed by atoms with van der Waals surface area (Å²) in [6.45, 7) is 0. The average molecular weight is 182 g/mol. The van der Waals surface area contributed by atoms with Crippen LogP contribution in [0.5, 0.6) is 0 Å². The number of aldehydes is 1. The van der Waals surface area contributed by atoms with Crippen LogP contribution in [0, 0.1) is 11.6 Å². The fourth-order valence-corrected chi connectivity index (χ4v) is 1.85. The van der Waals surface area contributed by atoms with Gasteiger partial charge in [0.2, 0.25) is 0 Å². The van der Waals surface area contributed by atoms with Crippen molar-refractivity contribution < 1.29 is 13.6 Å². The Bertz CT molecular complexity index is 360. The summed E-state index contributed by atoms with van der Waals surface area (Å²) >= 11 is 0. The largest absolute Gasteiger partial charge is 0.303 e. The first kappa shape index (κ1) is 8.35. The van der Waals surface area contributed by atoms with Crippen LogP contribution in [0.25, 0.3) is 0 Å². The normalized spacial score (nSPS) is 20.0. The predicted octanol–water partition coefficient (Wildman–Crippen LogP) is 2.19. The average Bonchev–Trinajstić information content (AvgIpc) is 2.47. The van der Waals surface area contributed by atoms with E-state index in [-0.39, 0.29) is 5.92 Å². The zero-order chi connectivity index (χ0) is 9.42. The van der Waals surface area contributed by atoms with Crippen LogP contribution in [-0.4, -0.2) is 6.29 Å². The molecule has 0 spiro atoms. The van der Waals surface area contributed by atoms with E-state index in [0.717, 1.165) is 12.4 Å². The Morgan fingerprint density at radius 1 is 1.38 bits per heavy atom. The second kappa shape index (κ2) is 2.91. The molecule has 0 aromatic heterocycles. The maximum absolute atomic E-state index is 13.2. The van der Waals surface area contributed by atoms with Crippen molar-refractivity contribution in [2.24, 2.45) is 0 Å². The number of benzene rings is 1. The van der Waals surface area contributed by atoms with E-state index in [2.05, 4.69) is 0 Å². The molecule has 1 aromatic carbocycles. The molecule has 2 rings (SSSR count). The maximum Gasteiger partial charge on any atom is 0.130 e. The summed E-state index contributed by atoms with van der Waals surface area (Å²) in [5.74, 6) is -1.54. The molecular formula is C10H8F2O. The summed E-state index contributed by atoms with van der Waals surface area (Å²) in [5, 5.41) is 0. The number of hydrogen-bond acceptors (Lipinski definition) is 1. The molecule has 1 aromatic rings. The van der Waals surface area contributed by atoms with Crippen molar-refractivity contribution in [2.45, 2.75) is 18.8 Å². The highest BCUT2D eigenvalue weighted by Gasteiger charge is 2.26. The van der Waals surface area contributed by atoms with Gasteiger partial charge in [0.15, 0.2) is 0 Å². The third-order valence-corrected chi connectivity index (χ3v) is 2.44. The molecule has 0 saturated carbocycles. The fraction of sp³-hybridized carbons (Fsp3) is 0.300. The van der Waals surface area contributed by atoms with Gasteiger partial charge in [-0.2, -0.15) is 0 Å². The maximum atomic E-state index is 13.2. The summed E-state index contributed by atoms with van der Waals surface area (Å²) in [5.41, 5.74) is 1.02. The van der Waals surface area contributed by atoms with E-state index in [1.165, 1.54) is 6.07 Å². The number of aryl methyl sites for hydroxylation is 1. The molecule has 0 amide bonds. The molecule has 0 aliphatic heterocycles. The Balaban J connectivity index is 2.57. The Kier molecular flexibility index (Phi) is 1.87. The third kappa shape index (κ3) is 1.24. The van der Waals surface area contributed by atoms with Crippen molar-refractivity contribution in [3.05, 3.63) is 34.9 Å². The highest BCUT2D eigenvalue weighted by atomic mass is 19.1. The quantitative estimate of drug-likeness (QED) is 0.608. The van der Waals surface area contributed by atoms with Crippen LogP contribution in [0.4, 0.5) is 8.78 Å². The molecule has 1 atom stereocenters. The van der Waals surface area contributed by atoms with Crippen LogP contribution >= 0.6 is 0 Å². The predicted molar refractivity (Wildman–Crippen MR) is 43.5 cm³/mol. The van der Waals surface area contributed by atoms with Gasteiger partial charge in [0.1, 0.15) is 17.9 Å². The Morgan fingerprint density at radius 3 is 2.85 bits per heavy atom. The van der Waals surface area contributed by atoms with Crippen LogP contribution in [0.15, 0.2) is 12.1 Å². The van der Waals surface area contributed by atoms with E-state index in [1.54, 1.807) is 0 Å². The standard InChI is InChI=1S/C10H8F2O/c11-8-3-6-1-2-7(5-13)10(6)9(12)4-8/h3-5,7H,1-2H2. The van der Waals surface area contributed by atoms with E-state index in [9.17, 15) is 13.6 Å². The van der Waals surface area contributed by atoms with Crippen LogP contribution in [0.2, 0.25) is 0 Å². The summed E-state index contributed by atoms with van der Waals surface area (Å²) in [4.78, 5) is 10.5. The van der Waals surface area contributed by atoms with Gasteiger partial charge in [-0.3, -0.25) is 0 Å². The van der Waals surface area contributed by atoms with Gasteiger partial charge < -0.3 is 4.79 Å². The smallest absolute Gasteiger partial charge is 0.130 e. The molecule has 0 heterocycles. The zero-order valence-electron chi connectivity index (χ0n) is 6.89. The second-order valence-corrected chi connectivity index (χ2v) is 3.24. The SMILES string of the molecule is O=CC1CCc2cc(F)cc(F)c21. The number of halogens is 2. The molecule has 1 aliphatic carbocycles. The van der Waals surface area contributed by atoms with Crippen LogP contribution in [-0.2, 0) is 11.2 Å². The minimum absolute atomic E-state index is 0.379. The van der Waals surface area contributed by atoms with Crippen LogP contribution in [0.1, 0.15) is 23.5 Å². The van der Waals surface area contributed by atoms with Gasteiger partial charge in [-0.05, 0) is 24.5 Å². The molecule has 0 bridgehead atoms. The minimum atomic E-state index is -0.593. The number of fused-ring (bicyclic) bond motifs is 1. The van der Waals surface area contributed by atoms with Gasteiger partial charge in [0.25, 0.3) is 0 Å². The van der Waals surface area contributed by atoms with Crippen molar-refractivity contribution in [2.75, 3.05) is 0 Å². The van der Waals surface area contributed by atoms with Gasteiger partial charge in [-0.25, -0.2) is 8.78 Å². The number of carbonyl (C=O) groups excluding carboxylic acids is 1. The molecule has 1 nitrogen and oxygen atoms in total. The first-order valence-corrected chi connectivity index (χ1v) is 4.15. The highest BCUT2D eigenvalue weighted by Crippen LogP contribution is 2.33. The third-order valence-electron chi connectivity index (χ3n) is 2.44. The van der Waals surface area contributed by atoms with Crippen LogP contribution < -0.4 is 0 Å². The molecule has 0 fully saturated rings. The molecule has 0 saturated heterocycles. The van der Waals surface area contributed by atoms with Gasteiger partial charge in [0, 0.05) is 17.5 Å². The molecular weight excluding hydrogens is 174 g/mol. The summed E-state index contributed by atoms with van der Waals surface area (Å²) in [6, 6.07) is 2.14. The first-order chi connectivity index (χ1) is 6.22. The lowest BCUT2D eigenvalue weighted by Crippen LogP contribution is -1.98. The zero-order valence-corrected chi connectivity index (χ0v) is 6.89. The monoisotopic (exact) mass is 182 g/mol. The molecule has 1 aliphatic rings. The van der Waals surface area contributed by atoms with Crippen molar-refractivity contribution in [1.82, 2.24) is 0 Å². The van der Waals surface area contributed by atoms with E-state index < -0.39 is 11.6 Å². The van der Waals surface area contributed by atoms with E-state index >= 15 is 0 Å². The van der Waals surface area contributed by atoms with Crippen LogP contribution in [0.3, 0.4) is 0 Å². The molecule has 1 unspecified atom stereocenters. The minimum Gasteiger partial charge on any atom is -0.303 e. The fourth-order valence-electron chi connectivity index (χ4n) is 1.85. The van der Waals surface area contributed by atoms with Crippen molar-refractivity contribution in [1.29, 1.82) is 0 Å². The highest BCUT2D eigenvalue weighted by molar-refractivity contribution is 5.65. The molecule has 0 N–H and O–H groups in total. The Labute approximate surface area is 74.4 Å². The molecule has 3 heteroatoms. The van der Waals surface area contributed by atoms with E-state index in [1.807, 2.05) is 0 Å². The molecule has 13 heavy (non-hydrogen) atoms. The topological polar surface area (TPSA) is 17.1 Å². The van der Waals surface area contributed by atoms with Gasteiger partial charge >= 0.3 is 0 Å². The van der Waals surface area contributed by atoms with E-state index in [0.29, 0.717) is 24.0 Å². The van der Waals surface area contributed by atoms with E-state index in [4.69, 9.17) is 0 Å². The summed E-state index contributed by atoms with van der Waals surface area (Å²) in [6.07, 6.45) is 1.92. The van der Waals surface area contributed by atoms with Gasteiger partial charge in [-0.1, -0.05) is 0 Å². The van der Waals surface area contributed by atoms with Crippen molar-refractivity contribution in [3.8, 4) is 0 Å². The van der Waals surface area contributed by atoms with Gasteiger partial charge in [-0.15, -0.1) is 0 Å². The second-order valence-electron chi connectivity index (χ2n) is 3.24. The molecule has 0 radical (unpaired) electrons. The number of rotatable bonds is 1.